The lowest BCUT2D eigenvalue weighted by Crippen LogP contribution is -2.35. The lowest BCUT2D eigenvalue weighted by molar-refractivity contribution is 0.0514. The van der Waals surface area contributed by atoms with E-state index in [1.807, 2.05) is 0 Å². The molecule has 3 aromatic rings. The summed E-state index contributed by atoms with van der Waals surface area (Å²) in [4.78, 5) is 9.68. The molecule has 2 aromatic carbocycles. The van der Waals surface area contributed by atoms with Crippen LogP contribution in [0.15, 0.2) is 48.8 Å². The Morgan fingerprint density at radius 2 is 2.04 bits per heavy atom. The summed E-state index contributed by atoms with van der Waals surface area (Å²) < 4.78 is 5.62. The first-order valence-electron chi connectivity index (χ1n) is 9.20. The number of H-pyrrole nitrogens is 1. The highest BCUT2D eigenvalue weighted by Gasteiger charge is 2.28. The van der Waals surface area contributed by atoms with E-state index in [4.69, 9.17) is 4.74 Å². The fourth-order valence-corrected chi connectivity index (χ4v) is 3.98. The Balaban J connectivity index is 1.47. The van der Waals surface area contributed by atoms with Crippen LogP contribution in [0.1, 0.15) is 30.3 Å². The van der Waals surface area contributed by atoms with E-state index in [0.717, 1.165) is 38.2 Å². The number of aromatic nitrogens is 2. The fraction of sp³-hybridized carbons (Fsp3) is 0.381. The van der Waals surface area contributed by atoms with E-state index >= 15 is 0 Å². The van der Waals surface area contributed by atoms with Crippen molar-refractivity contribution in [2.75, 3.05) is 20.2 Å². The number of aromatic amines is 1. The van der Waals surface area contributed by atoms with Gasteiger partial charge in [0.15, 0.2) is 0 Å². The van der Waals surface area contributed by atoms with Crippen LogP contribution in [0.5, 0.6) is 5.75 Å². The van der Waals surface area contributed by atoms with E-state index < -0.39 is 6.10 Å². The minimum atomic E-state index is -0.501. The largest absolute Gasteiger partial charge is 0.496 e. The second-order valence-electron chi connectivity index (χ2n) is 7.00. The molecular weight excluding hydrogens is 326 g/mol. The molecule has 0 aliphatic carbocycles. The van der Waals surface area contributed by atoms with Crippen LogP contribution in [0.25, 0.3) is 10.8 Å². The molecule has 1 saturated heterocycles. The van der Waals surface area contributed by atoms with E-state index in [1.54, 1.807) is 19.5 Å². The third-order valence-corrected chi connectivity index (χ3v) is 5.48. The molecule has 2 N–H and O–H groups in total. The molecule has 1 fully saturated rings. The SMILES string of the molecule is COc1ccc2ccccc2c1CN1CCC([C@H](O)c2ncc[nH]2)CC1. The van der Waals surface area contributed by atoms with Crippen LogP contribution in [0, 0.1) is 5.92 Å². The highest BCUT2D eigenvalue weighted by molar-refractivity contribution is 5.87. The molecule has 136 valence electrons. The topological polar surface area (TPSA) is 61.4 Å². The predicted molar refractivity (Wildman–Crippen MR) is 102 cm³/mol. The number of hydrogen-bond donors (Lipinski definition) is 2. The zero-order chi connectivity index (χ0) is 17.9. The number of nitrogens with one attached hydrogen (secondary N) is 1. The first kappa shape index (κ1) is 17.1. The highest BCUT2D eigenvalue weighted by atomic mass is 16.5. The summed E-state index contributed by atoms with van der Waals surface area (Å²) in [7, 11) is 1.74. The molecule has 0 unspecified atom stereocenters. The summed E-state index contributed by atoms with van der Waals surface area (Å²) >= 11 is 0. The summed E-state index contributed by atoms with van der Waals surface area (Å²) in [6, 6.07) is 12.6. The van der Waals surface area contributed by atoms with Crippen molar-refractivity contribution in [3.63, 3.8) is 0 Å². The molecular formula is C21H25N3O2. The number of fused-ring (bicyclic) bond motifs is 1. The predicted octanol–water partition coefficient (Wildman–Crippen LogP) is 3.52. The first-order valence-corrected chi connectivity index (χ1v) is 9.20. The van der Waals surface area contributed by atoms with Gasteiger partial charge in [-0.3, -0.25) is 4.90 Å². The van der Waals surface area contributed by atoms with Gasteiger partial charge >= 0.3 is 0 Å². The van der Waals surface area contributed by atoms with Gasteiger partial charge in [-0.15, -0.1) is 0 Å². The summed E-state index contributed by atoms with van der Waals surface area (Å²) in [6.07, 6.45) is 4.89. The van der Waals surface area contributed by atoms with Crippen LogP contribution in [0.2, 0.25) is 0 Å². The zero-order valence-electron chi connectivity index (χ0n) is 15.1. The molecule has 1 aliphatic heterocycles. The number of hydrogen-bond acceptors (Lipinski definition) is 4. The molecule has 0 amide bonds. The molecule has 26 heavy (non-hydrogen) atoms. The second-order valence-corrected chi connectivity index (χ2v) is 7.00. The number of benzene rings is 2. The number of imidazole rings is 1. The number of rotatable bonds is 5. The Labute approximate surface area is 153 Å². The minimum Gasteiger partial charge on any atom is -0.496 e. The van der Waals surface area contributed by atoms with E-state index in [0.29, 0.717) is 5.82 Å². The van der Waals surface area contributed by atoms with Gasteiger partial charge in [-0.2, -0.15) is 0 Å². The van der Waals surface area contributed by atoms with E-state index in [1.165, 1.54) is 16.3 Å². The Kier molecular flexibility index (Phi) is 4.91. The summed E-state index contributed by atoms with van der Waals surface area (Å²) in [5, 5.41) is 13.0. The number of likely N-dealkylation sites (tertiary alicyclic amines) is 1. The Morgan fingerprint density at radius 1 is 1.23 bits per heavy atom. The number of methoxy groups -OCH3 is 1. The lowest BCUT2D eigenvalue weighted by Gasteiger charge is -2.34. The zero-order valence-corrected chi connectivity index (χ0v) is 15.1. The van der Waals surface area contributed by atoms with Crippen molar-refractivity contribution in [2.45, 2.75) is 25.5 Å². The first-order chi connectivity index (χ1) is 12.8. The van der Waals surface area contributed by atoms with E-state index in [9.17, 15) is 5.11 Å². The number of aliphatic hydroxyl groups is 1. The standard InChI is InChI=1S/C21H25N3O2/c1-26-19-7-6-15-4-2-3-5-17(15)18(19)14-24-12-8-16(9-13-24)20(25)21-22-10-11-23-21/h2-7,10-11,16,20,25H,8-9,12-14H2,1H3,(H,22,23)/t20-/m0/s1. The summed E-state index contributed by atoms with van der Waals surface area (Å²) in [5.74, 6) is 1.88. The Bertz CT molecular complexity index is 855. The van der Waals surface area contributed by atoms with Crippen molar-refractivity contribution < 1.29 is 9.84 Å². The van der Waals surface area contributed by atoms with Gasteiger partial charge < -0.3 is 14.8 Å². The van der Waals surface area contributed by atoms with Crippen molar-refractivity contribution in [3.8, 4) is 5.75 Å². The van der Waals surface area contributed by atoms with Gasteiger partial charge in [0.1, 0.15) is 17.7 Å². The lowest BCUT2D eigenvalue weighted by atomic mass is 9.90. The van der Waals surface area contributed by atoms with Crippen LogP contribution in [0.3, 0.4) is 0 Å². The van der Waals surface area contributed by atoms with Crippen molar-refractivity contribution in [1.29, 1.82) is 0 Å². The average molecular weight is 351 g/mol. The molecule has 1 atom stereocenters. The molecule has 4 rings (SSSR count). The third-order valence-electron chi connectivity index (χ3n) is 5.48. The van der Waals surface area contributed by atoms with Crippen LogP contribution in [-0.4, -0.2) is 40.2 Å². The van der Waals surface area contributed by atoms with Crippen molar-refractivity contribution in [1.82, 2.24) is 14.9 Å². The maximum Gasteiger partial charge on any atom is 0.135 e. The third kappa shape index (κ3) is 3.32. The molecule has 5 nitrogen and oxygen atoms in total. The van der Waals surface area contributed by atoms with Crippen LogP contribution < -0.4 is 4.74 Å². The fourth-order valence-electron chi connectivity index (χ4n) is 3.98. The number of nitrogens with zero attached hydrogens (tertiary/aromatic N) is 2. The average Bonchev–Trinajstić information content (AvgIpc) is 3.23. The molecule has 1 aliphatic rings. The summed E-state index contributed by atoms with van der Waals surface area (Å²) in [6.45, 7) is 2.80. The summed E-state index contributed by atoms with van der Waals surface area (Å²) in [5.41, 5.74) is 1.25. The molecule has 0 bridgehead atoms. The number of piperidine rings is 1. The molecule has 0 saturated carbocycles. The van der Waals surface area contributed by atoms with Crippen molar-refractivity contribution >= 4 is 10.8 Å². The van der Waals surface area contributed by atoms with Crippen molar-refractivity contribution in [2.24, 2.45) is 5.92 Å². The van der Waals surface area contributed by atoms with Gasteiger partial charge in [-0.05, 0) is 48.7 Å². The Hall–Kier alpha value is -2.37. The number of aliphatic hydroxyl groups excluding tert-OH is 1. The minimum absolute atomic E-state index is 0.256. The molecule has 0 spiro atoms. The van der Waals surface area contributed by atoms with Crippen LogP contribution >= 0.6 is 0 Å². The van der Waals surface area contributed by atoms with Crippen LogP contribution in [0.4, 0.5) is 0 Å². The molecule has 0 radical (unpaired) electrons. The second kappa shape index (κ2) is 7.48. The molecule has 5 heteroatoms. The molecule has 2 heterocycles. The smallest absolute Gasteiger partial charge is 0.135 e. The van der Waals surface area contributed by atoms with Gasteiger partial charge in [0, 0.05) is 24.5 Å². The maximum absolute atomic E-state index is 10.5. The van der Waals surface area contributed by atoms with Gasteiger partial charge in [-0.25, -0.2) is 4.98 Å². The molecule has 1 aromatic heterocycles. The normalized spacial score (nSPS) is 17.5. The van der Waals surface area contributed by atoms with Gasteiger partial charge in [-0.1, -0.05) is 30.3 Å². The van der Waals surface area contributed by atoms with Crippen molar-refractivity contribution in [3.05, 3.63) is 60.2 Å². The van der Waals surface area contributed by atoms with Gasteiger partial charge in [0.25, 0.3) is 0 Å². The van der Waals surface area contributed by atoms with E-state index in [2.05, 4.69) is 51.3 Å². The monoisotopic (exact) mass is 351 g/mol. The Morgan fingerprint density at radius 3 is 2.77 bits per heavy atom. The van der Waals surface area contributed by atoms with Crippen LogP contribution in [-0.2, 0) is 6.54 Å². The quantitative estimate of drug-likeness (QED) is 0.738. The number of ether oxygens (including phenoxy) is 1. The van der Waals surface area contributed by atoms with E-state index in [-0.39, 0.29) is 5.92 Å². The van der Waals surface area contributed by atoms with Gasteiger partial charge in [0.05, 0.1) is 7.11 Å². The maximum atomic E-state index is 10.5. The highest BCUT2D eigenvalue weighted by Crippen LogP contribution is 2.33. The van der Waals surface area contributed by atoms with Gasteiger partial charge in [0.2, 0.25) is 0 Å².